The van der Waals surface area contributed by atoms with E-state index >= 15 is 0 Å². The molecule has 0 aromatic heterocycles. The second-order valence-corrected chi connectivity index (χ2v) is 9.86. The molecular weight excluding hydrogens is 468 g/mol. The number of nitrogens with two attached hydrogens (primary N) is 1. The zero-order chi connectivity index (χ0) is 25.0. The van der Waals surface area contributed by atoms with Gasteiger partial charge in [-0.2, -0.15) is 5.26 Å². The van der Waals surface area contributed by atoms with Gasteiger partial charge >= 0.3 is 0 Å². The van der Waals surface area contributed by atoms with Gasteiger partial charge in [-0.1, -0.05) is 66.7 Å². The molecule has 4 nitrogen and oxygen atoms in total. The van der Waals surface area contributed by atoms with E-state index in [1.165, 1.54) is 0 Å². The van der Waals surface area contributed by atoms with Gasteiger partial charge in [-0.25, -0.2) is 0 Å². The van der Waals surface area contributed by atoms with Gasteiger partial charge in [-0.05, 0) is 78.4 Å². The number of benzene rings is 4. The highest BCUT2D eigenvalue weighted by atomic mass is 35.5. The molecule has 0 heterocycles. The van der Waals surface area contributed by atoms with Crippen LogP contribution in [-0.2, 0) is 13.0 Å². The van der Waals surface area contributed by atoms with Crippen molar-refractivity contribution in [2.75, 3.05) is 0 Å². The number of nitrogens with zero attached hydrogens (tertiary/aromatic N) is 1. The topological polar surface area (TPSA) is 79.3 Å². The van der Waals surface area contributed by atoms with Crippen LogP contribution in [0.4, 0.5) is 0 Å². The second kappa shape index (κ2) is 11.6. The summed E-state index contributed by atoms with van der Waals surface area (Å²) in [7, 11) is 0. The van der Waals surface area contributed by atoms with Gasteiger partial charge in [0, 0.05) is 11.1 Å². The number of nitriles is 1. The summed E-state index contributed by atoms with van der Waals surface area (Å²) in [4.78, 5) is 0. The summed E-state index contributed by atoms with van der Waals surface area (Å²) in [5.41, 5.74) is 11.1. The zero-order valence-corrected chi connectivity index (χ0v) is 21.8. The highest BCUT2D eigenvalue weighted by Gasteiger charge is 2.28. The Balaban J connectivity index is 0.00000361. The molecule has 2 atom stereocenters. The zero-order valence-electron chi connectivity index (χ0n) is 20.9. The van der Waals surface area contributed by atoms with E-state index in [1.807, 2.05) is 81.4 Å². The summed E-state index contributed by atoms with van der Waals surface area (Å²) in [6, 6.07) is 30.6. The van der Waals surface area contributed by atoms with E-state index in [0.29, 0.717) is 12.2 Å². The van der Waals surface area contributed by atoms with E-state index in [1.54, 1.807) is 0 Å². The number of rotatable bonds is 8. The number of aliphatic hydroxyl groups excluding tert-OH is 1. The third-order valence-electron chi connectivity index (χ3n) is 6.21. The Morgan fingerprint density at radius 1 is 0.944 bits per heavy atom. The maximum absolute atomic E-state index is 9.91. The first-order valence-corrected chi connectivity index (χ1v) is 11.9. The molecule has 0 spiro atoms. The first-order chi connectivity index (χ1) is 16.8. The van der Waals surface area contributed by atoms with Crippen molar-refractivity contribution in [2.24, 2.45) is 11.7 Å². The van der Waals surface area contributed by atoms with Crippen molar-refractivity contribution in [2.45, 2.75) is 45.4 Å². The Kier molecular flexibility index (Phi) is 8.76. The number of hydrogen-bond donors (Lipinski definition) is 2. The van der Waals surface area contributed by atoms with Gasteiger partial charge in [-0.15, -0.1) is 12.4 Å². The SMILES string of the molecule is CC(C#N)C(Oc1ccc(-c2cccc(CO)c2)cc1)c1c(CC(C)(C)N)ccc2ccccc12.Cl. The van der Waals surface area contributed by atoms with E-state index in [4.69, 9.17) is 10.5 Å². The lowest BCUT2D eigenvalue weighted by Crippen LogP contribution is -2.35. The van der Waals surface area contributed by atoms with Gasteiger partial charge < -0.3 is 15.6 Å². The maximum atomic E-state index is 9.91. The molecule has 5 heteroatoms. The molecule has 0 aliphatic heterocycles. The average molecular weight is 501 g/mol. The Morgan fingerprint density at radius 3 is 2.33 bits per heavy atom. The normalized spacial score (nSPS) is 12.9. The molecule has 186 valence electrons. The molecule has 0 fully saturated rings. The van der Waals surface area contributed by atoms with Crippen LogP contribution in [0, 0.1) is 17.2 Å². The standard InChI is InChI=1S/C31H32N2O2.ClH/c1-21(19-32)30(29-26(18-31(2,3)33)12-11-24-8-4-5-10-28(24)29)35-27-15-13-23(14-16-27)25-9-6-7-22(17-25)20-34;/h4-17,21,30,34H,18,20,33H2,1-3H3;1H. The van der Waals surface area contributed by atoms with Gasteiger partial charge in [0.1, 0.15) is 11.9 Å². The molecule has 0 radical (unpaired) electrons. The minimum atomic E-state index is -0.452. The summed E-state index contributed by atoms with van der Waals surface area (Å²) >= 11 is 0. The summed E-state index contributed by atoms with van der Waals surface area (Å²) in [6.45, 7) is 5.94. The van der Waals surface area contributed by atoms with Crippen LogP contribution in [0.2, 0.25) is 0 Å². The lowest BCUT2D eigenvalue weighted by atomic mass is 9.84. The predicted octanol–water partition coefficient (Wildman–Crippen LogP) is 6.98. The van der Waals surface area contributed by atoms with Gasteiger partial charge in [0.25, 0.3) is 0 Å². The van der Waals surface area contributed by atoms with Crippen LogP contribution in [0.25, 0.3) is 21.9 Å². The molecule has 4 aromatic rings. The Hall–Kier alpha value is -3.36. The molecule has 0 amide bonds. The molecule has 4 aromatic carbocycles. The molecule has 0 aliphatic rings. The number of hydrogen-bond acceptors (Lipinski definition) is 4. The van der Waals surface area contributed by atoms with Crippen LogP contribution in [-0.4, -0.2) is 10.6 Å². The smallest absolute Gasteiger partial charge is 0.140 e. The number of fused-ring (bicyclic) bond motifs is 1. The van der Waals surface area contributed by atoms with Crippen molar-refractivity contribution in [1.82, 2.24) is 0 Å². The fraction of sp³-hybridized carbons (Fsp3) is 0.258. The van der Waals surface area contributed by atoms with Gasteiger partial charge in [-0.3, -0.25) is 0 Å². The van der Waals surface area contributed by atoms with Gasteiger partial charge in [0.05, 0.1) is 18.6 Å². The Labute approximate surface area is 219 Å². The van der Waals surface area contributed by atoms with E-state index in [9.17, 15) is 10.4 Å². The van der Waals surface area contributed by atoms with Crippen molar-refractivity contribution in [1.29, 1.82) is 5.26 Å². The number of ether oxygens (including phenoxy) is 1. The fourth-order valence-electron chi connectivity index (χ4n) is 4.52. The average Bonchev–Trinajstić information content (AvgIpc) is 2.86. The second-order valence-electron chi connectivity index (χ2n) is 9.86. The van der Waals surface area contributed by atoms with E-state index in [0.717, 1.165) is 38.6 Å². The molecule has 3 N–H and O–H groups in total. The minimum absolute atomic E-state index is 0. The fourth-order valence-corrected chi connectivity index (χ4v) is 4.52. The van der Waals surface area contributed by atoms with Crippen LogP contribution < -0.4 is 10.5 Å². The lowest BCUT2D eigenvalue weighted by Gasteiger charge is -2.28. The minimum Gasteiger partial charge on any atom is -0.484 e. The van der Waals surface area contributed by atoms with Crippen molar-refractivity contribution >= 4 is 23.2 Å². The molecule has 0 saturated carbocycles. The maximum Gasteiger partial charge on any atom is 0.140 e. The van der Waals surface area contributed by atoms with Crippen molar-refractivity contribution in [3.63, 3.8) is 0 Å². The van der Waals surface area contributed by atoms with E-state index < -0.39 is 11.6 Å². The third kappa shape index (κ3) is 6.25. The van der Waals surface area contributed by atoms with Crippen molar-refractivity contribution in [3.8, 4) is 22.9 Å². The Bertz CT molecular complexity index is 1350. The summed E-state index contributed by atoms with van der Waals surface area (Å²) in [6.07, 6.45) is 0.220. The molecule has 0 saturated heterocycles. The van der Waals surface area contributed by atoms with Crippen molar-refractivity contribution < 1.29 is 9.84 Å². The van der Waals surface area contributed by atoms with Gasteiger partial charge in [0.2, 0.25) is 0 Å². The largest absolute Gasteiger partial charge is 0.484 e. The first-order valence-electron chi connectivity index (χ1n) is 11.9. The van der Waals surface area contributed by atoms with Crippen LogP contribution in [0.5, 0.6) is 5.75 Å². The molecule has 4 rings (SSSR count). The van der Waals surface area contributed by atoms with Crippen LogP contribution in [0.1, 0.15) is 43.6 Å². The number of aliphatic hydroxyl groups is 1. The number of halogens is 1. The third-order valence-corrected chi connectivity index (χ3v) is 6.21. The Morgan fingerprint density at radius 2 is 1.67 bits per heavy atom. The van der Waals surface area contributed by atoms with Crippen LogP contribution in [0.15, 0.2) is 84.9 Å². The lowest BCUT2D eigenvalue weighted by molar-refractivity contribution is 0.170. The molecular formula is C31H33ClN2O2. The van der Waals surface area contributed by atoms with Crippen LogP contribution in [0.3, 0.4) is 0 Å². The van der Waals surface area contributed by atoms with Crippen molar-refractivity contribution in [3.05, 3.63) is 102 Å². The van der Waals surface area contributed by atoms with E-state index in [-0.39, 0.29) is 24.9 Å². The predicted molar refractivity (Wildman–Crippen MR) is 149 cm³/mol. The molecule has 0 bridgehead atoms. The molecule has 0 aliphatic carbocycles. The summed E-state index contributed by atoms with van der Waals surface area (Å²) < 4.78 is 6.55. The van der Waals surface area contributed by atoms with Crippen LogP contribution >= 0.6 is 12.4 Å². The molecule has 36 heavy (non-hydrogen) atoms. The summed E-state index contributed by atoms with van der Waals surface area (Å²) in [5, 5.41) is 21.5. The van der Waals surface area contributed by atoms with Gasteiger partial charge in [0.15, 0.2) is 0 Å². The monoisotopic (exact) mass is 500 g/mol. The highest BCUT2D eigenvalue weighted by Crippen LogP contribution is 2.37. The molecule has 2 unspecified atom stereocenters. The first kappa shape index (κ1) is 27.2. The highest BCUT2D eigenvalue weighted by molar-refractivity contribution is 5.87. The quantitative estimate of drug-likeness (QED) is 0.273. The van der Waals surface area contributed by atoms with E-state index in [2.05, 4.69) is 30.3 Å². The summed E-state index contributed by atoms with van der Waals surface area (Å²) in [5.74, 6) is 0.325.